The van der Waals surface area contributed by atoms with E-state index in [1.807, 2.05) is 6.07 Å². The smallest absolute Gasteiger partial charge is 0.0226 e. The number of aromatic nitrogens is 1. The molecule has 0 aliphatic heterocycles. The number of nitrogens with one attached hydrogen (secondary N) is 1. The Morgan fingerprint density at radius 3 is 2.39 bits per heavy atom. The van der Waals surface area contributed by atoms with Crippen LogP contribution in [0.2, 0.25) is 0 Å². The molecule has 0 aliphatic rings. The molecular weight excluding hydrogens is 288 g/mol. The Morgan fingerprint density at radius 1 is 1.11 bits per heavy atom. The molecule has 0 atom stereocenters. The van der Waals surface area contributed by atoms with Gasteiger partial charge in [-0.1, -0.05) is 34.1 Å². The molecule has 0 spiro atoms. The summed E-state index contributed by atoms with van der Waals surface area (Å²) in [6.45, 7) is 6.11. The fourth-order valence-electron chi connectivity index (χ4n) is 2.09. The molecule has 0 amide bonds. The highest BCUT2D eigenvalue weighted by Gasteiger charge is 2.05. The summed E-state index contributed by atoms with van der Waals surface area (Å²) in [7, 11) is 2.11. The fourth-order valence-corrected chi connectivity index (χ4v) is 2.51. The van der Waals surface area contributed by atoms with Crippen molar-refractivity contribution < 1.29 is 0 Å². The second kappa shape index (κ2) is 5.72. The Kier molecular flexibility index (Phi) is 4.25. The van der Waals surface area contributed by atoms with Crippen molar-refractivity contribution in [3.8, 4) is 0 Å². The quantitative estimate of drug-likeness (QED) is 0.911. The highest BCUT2D eigenvalue weighted by atomic mass is 79.9. The molecule has 2 nitrogen and oxygen atoms in total. The summed E-state index contributed by atoms with van der Waals surface area (Å²) in [5.74, 6) is 0. The van der Waals surface area contributed by atoms with Crippen LogP contribution in [-0.2, 0) is 20.1 Å². The van der Waals surface area contributed by atoms with E-state index < -0.39 is 0 Å². The van der Waals surface area contributed by atoms with Gasteiger partial charge in [0.05, 0.1) is 0 Å². The topological polar surface area (TPSA) is 17.0 Å². The summed E-state index contributed by atoms with van der Waals surface area (Å²) in [4.78, 5) is 0. The van der Waals surface area contributed by atoms with Crippen molar-refractivity contribution in [2.75, 3.05) is 0 Å². The highest BCUT2D eigenvalue weighted by molar-refractivity contribution is 9.10. The van der Waals surface area contributed by atoms with E-state index in [-0.39, 0.29) is 0 Å². The van der Waals surface area contributed by atoms with Crippen molar-refractivity contribution in [3.05, 3.63) is 57.3 Å². The molecule has 1 heterocycles. The molecule has 1 N–H and O–H groups in total. The molecule has 0 saturated carbocycles. The summed E-state index contributed by atoms with van der Waals surface area (Å²) in [6, 6.07) is 10.6. The first-order valence-corrected chi connectivity index (χ1v) is 6.95. The van der Waals surface area contributed by atoms with Crippen LogP contribution in [0.3, 0.4) is 0 Å². The van der Waals surface area contributed by atoms with Crippen LogP contribution in [0.25, 0.3) is 0 Å². The second-order valence-corrected chi connectivity index (χ2v) is 5.50. The lowest BCUT2D eigenvalue weighted by atomic mass is 10.2. The molecule has 0 fully saturated rings. The molecule has 0 unspecified atom stereocenters. The molecule has 3 heteroatoms. The van der Waals surface area contributed by atoms with Gasteiger partial charge in [-0.2, -0.15) is 0 Å². The Morgan fingerprint density at radius 2 is 1.78 bits per heavy atom. The van der Waals surface area contributed by atoms with E-state index in [2.05, 4.69) is 71.0 Å². The summed E-state index contributed by atoms with van der Waals surface area (Å²) < 4.78 is 3.40. The standard InChI is InChI=1S/C15H19BrN2/c1-11-8-14(12(2)18(11)3)10-17-9-13-6-4-5-7-15(13)16/h4-8,17H,9-10H2,1-3H3. The third-order valence-electron chi connectivity index (χ3n) is 3.47. The van der Waals surface area contributed by atoms with E-state index in [0.29, 0.717) is 0 Å². The summed E-state index contributed by atoms with van der Waals surface area (Å²) in [6.07, 6.45) is 0. The lowest BCUT2D eigenvalue weighted by molar-refractivity contribution is 0.685. The number of benzene rings is 1. The molecule has 0 aliphatic carbocycles. The minimum atomic E-state index is 0.884. The Balaban J connectivity index is 1.97. The van der Waals surface area contributed by atoms with Crippen molar-refractivity contribution in [2.24, 2.45) is 7.05 Å². The Labute approximate surface area is 117 Å². The number of hydrogen-bond donors (Lipinski definition) is 1. The van der Waals surface area contributed by atoms with Crippen LogP contribution in [0.1, 0.15) is 22.5 Å². The van der Waals surface area contributed by atoms with Crippen molar-refractivity contribution in [1.82, 2.24) is 9.88 Å². The SMILES string of the molecule is Cc1cc(CNCc2ccccc2Br)c(C)n1C. The number of hydrogen-bond acceptors (Lipinski definition) is 1. The first-order valence-electron chi connectivity index (χ1n) is 6.15. The molecule has 1 aromatic carbocycles. The third-order valence-corrected chi connectivity index (χ3v) is 4.24. The second-order valence-electron chi connectivity index (χ2n) is 4.65. The van der Waals surface area contributed by atoms with Crippen LogP contribution in [0, 0.1) is 13.8 Å². The third kappa shape index (κ3) is 2.85. The summed E-state index contributed by atoms with van der Waals surface area (Å²) in [5, 5.41) is 3.50. The maximum atomic E-state index is 3.57. The molecule has 96 valence electrons. The summed E-state index contributed by atoms with van der Waals surface area (Å²) >= 11 is 3.57. The fraction of sp³-hybridized carbons (Fsp3) is 0.333. The van der Waals surface area contributed by atoms with Gasteiger partial charge < -0.3 is 9.88 Å². The van der Waals surface area contributed by atoms with E-state index in [1.54, 1.807) is 0 Å². The molecule has 0 saturated heterocycles. The molecular formula is C15H19BrN2. The van der Waals surface area contributed by atoms with Crippen LogP contribution >= 0.6 is 15.9 Å². The van der Waals surface area contributed by atoms with Gasteiger partial charge in [-0.25, -0.2) is 0 Å². The first kappa shape index (κ1) is 13.4. The number of nitrogens with zero attached hydrogens (tertiary/aromatic N) is 1. The average Bonchev–Trinajstić information content (AvgIpc) is 2.60. The number of halogens is 1. The molecule has 2 aromatic rings. The zero-order chi connectivity index (χ0) is 13.1. The van der Waals surface area contributed by atoms with Gasteiger partial charge in [-0.05, 0) is 37.1 Å². The van der Waals surface area contributed by atoms with E-state index in [9.17, 15) is 0 Å². The summed E-state index contributed by atoms with van der Waals surface area (Å²) in [5.41, 5.74) is 5.32. The molecule has 0 radical (unpaired) electrons. The van der Waals surface area contributed by atoms with Crippen molar-refractivity contribution >= 4 is 15.9 Å². The minimum Gasteiger partial charge on any atom is -0.352 e. The van der Waals surface area contributed by atoms with E-state index in [1.165, 1.54) is 27.0 Å². The molecule has 2 rings (SSSR count). The van der Waals surface area contributed by atoms with Gasteiger partial charge >= 0.3 is 0 Å². The van der Waals surface area contributed by atoms with E-state index in [4.69, 9.17) is 0 Å². The van der Waals surface area contributed by atoms with Crippen molar-refractivity contribution in [1.29, 1.82) is 0 Å². The molecule has 1 aromatic heterocycles. The number of rotatable bonds is 4. The van der Waals surface area contributed by atoms with Crippen molar-refractivity contribution in [2.45, 2.75) is 26.9 Å². The van der Waals surface area contributed by atoms with Crippen LogP contribution in [0.15, 0.2) is 34.8 Å². The van der Waals surface area contributed by atoms with Gasteiger partial charge in [-0.3, -0.25) is 0 Å². The minimum absolute atomic E-state index is 0.884. The normalized spacial score (nSPS) is 10.9. The zero-order valence-corrected chi connectivity index (χ0v) is 12.7. The van der Waals surface area contributed by atoms with Crippen LogP contribution in [0.4, 0.5) is 0 Å². The lowest BCUT2D eigenvalue weighted by Gasteiger charge is -2.07. The largest absolute Gasteiger partial charge is 0.352 e. The maximum Gasteiger partial charge on any atom is 0.0226 e. The molecule has 18 heavy (non-hydrogen) atoms. The van der Waals surface area contributed by atoms with Gasteiger partial charge in [0.15, 0.2) is 0 Å². The predicted octanol–water partition coefficient (Wildman–Crippen LogP) is 3.69. The Hall–Kier alpha value is -1.06. The van der Waals surface area contributed by atoms with Gasteiger partial charge in [0.25, 0.3) is 0 Å². The van der Waals surface area contributed by atoms with Crippen molar-refractivity contribution in [3.63, 3.8) is 0 Å². The maximum absolute atomic E-state index is 3.57. The average molecular weight is 307 g/mol. The van der Waals surface area contributed by atoms with Crippen LogP contribution in [0.5, 0.6) is 0 Å². The molecule has 0 bridgehead atoms. The Bertz CT molecular complexity index is 543. The van der Waals surface area contributed by atoms with E-state index in [0.717, 1.165) is 13.1 Å². The number of aryl methyl sites for hydroxylation is 1. The van der Waals surface area contributed by atoms with Gasteiger partial charge in [0, 0.05) is 36.0 Å². The van der Waals surface area contributed by atoms with Crippen LogP contribution < -0.4 is 5.32 Å². The predicted molar refractivity (Wildman–Crippen MR) is 79.6 cm³/mol. The first-order chi connectivity index (χ1) is 8.59. The van der Waals surface area contributed by atoms with Gasteiger partial charge in [0.2, 0.25) is 0 Å². The lowest BCUT2D eigenvalue weighted by Crippen LogP contribution is -2.13. The van der Waals surface area contributed by atoms with E-state index >= 15 is 0 Å². The van der Waals surface area contributed by atoms with Gasteiger partial charge in [0.1, 0.15) is 0 Å². The zero-order valence-electron chi connectivity index (χ0n) is 11.1. The van der Waals surface area contributed by atoms with Gasteiger partial charge in [-0.15, -0.1) is 0 Å². The highest BCUT2D eigenvalue weighted by Crippen LogP contribution is 2.16. The van der Waals surface area contributed by atoms with Crippen LogP contribution in [-0.4, -0.2) is 4.57 Å². The monoisotopic (exact) mass is 306 g/mol.